The van der Waals surface area contributed by atoms with Crippen LogP contribution in [0.15, 0.2) is 47.4 Å². The van der Waals surface area contributed by atoms with Crippen molar-refractivity contribution in [1.29, 1.82) is 0 Å². The summed E-state index contributed by atoms with van der Waals surface area (Å²) in [5, 5.41) is 5.53. The normalized spacial score (nSPS) is 11.4. The van der Waals surface area contributed by atoms with Crippen LogP contribution in [-0.4, -0.2) is 38.3 Å². The van der Waals surface area contributed by atoms with Crippen LogP contribution in [0.1, 0.15) is 19.4 Å². The lowest BCUT2D eigenvalue weighted by Gasteiger charge is -2.19. The van der Waals surface area contributed by atoms with Crippen LogP contribution < -0.4 is 10.6 Å². The topological polar surface area (TPSA) is 78.5 Å². The molecule has 0 heterocycles. The Kier molecular flexibility index (Phi) is 6.92. The Morgan fingerprint density at radius 3 is 2.48 bits per heavy atom. The fourth-order valence-corrected chi connectivity index (χ4v) is 4.12. The van der Waals surface area contributed by atoms with Crippen molar-refractivity contribution in [3.8, 4) is 0 Å². The van der Waals surface area contributed by atoms with Crippen LogP contribution in [0.2, 0.25) is 0 Å². The van der Waals surface area contributed by atoms with Crippen LogP contribution in [0.4, 0.5) is 15.8 Å². The molecule has 2 rings (SSSR count). The first-order valence-corrected chi connectivity index (χ1v) is 10.1. The third-order valence-electron chi connectivity index (χ3n) is 4.10. The molecular formula is C19H24FN3O3S. The van der Waals surface area contributed by atoms with Crippen LogP contribution >= 0.6 is 0 Å². The number of benzene rings is 2. The number of carbonyl (C=O) groups is 1. The summed E-state index contributed by atoms with van der Waals surface area (Å²) in [6.07, 6.45) is 0. The van der Waals surface area contributed by atoms with Crippen molar-refractivity contribution in [2.75, 3.05) is 30.3 Å². The standard InChI is InChI=1S/C19H24FN3O3S/c1-4-23(5-2)27(25,26)17-8-6-7-16(12-17)22-19(24)13-21-18-11-15(20)10-9-14(18)3/h6-12,21H,4-5,13H2,1-3H3,(H,22,24). The van der Waals surface area contributed by atoms with Gasteiger partial charge in [0.05, 0.1) is 11.4 Å². The first-order valence-electron chi connectivity index (χ1n) is 8.68. The van der Waals surface area contributed by atoms with Gasteiger partial charge in [0, 0.05) is 24.5 Å². The van der Waals surface area contributed by atoms with Gasteiger partial charge in [-0.25, -0.2) is 12.8 Å². The quantitative estimate of drug-likeness (QED) is 0.722. The molecule has 0 fully saturated rings. The Morgan fingerprint density at radius 1 is 1.11 bits per heavy atom. The summed E-state index contributed by atoms with van der Waals surface area (Å²) < 4.78 is 39.8. The van der Waals surface area contributed by atoms with Crippen LogP contribution in [0.5, 0.6) is 0 Å². The van der Waals surface area contributed by atoms with Gasteiger partial charge in [0.1, 0.15) is 5.82 Å². The number of anilines is 2. The highest BCUT2D eigenvalue weighted by Gasteiger charge is 2.21. The minimum absolute atomic E-state index is 0.0721. The van der Waals surface area contributed by atoms with Crippen LogP contribution in [-0.2, 0) is 14.8 Å². The number of hydrogen-bond donors (Lipinski definition) is 2. The predicted octanol–water partition coefficient (Wildman–Crippen LogP) is 3.22. The van der Waals surface area contributed by atoms with E-state index in [0.29, 0.717) is 24.5 Å². The van der Waals surface area contributed by atoms with E-state index in [4.69, 9.17) is 0 Å². The van der Waals surface area contributed by atoms with Gasteiger partial charge in [0.2, 0.25) is 15.9 Å². The first-order chi connectivity index (χ1) is 12.8. The Morgan fingerprint density at radius 2 is 1.81 bits per heavy atom. The molecule has 0 bridgehead atoms. The van der Waals surface area contributed by atoms with E-state index < -0.39 is 15.8 Å². The Bertz CT molecular complexity index is 912. The van der Waals surface area contributed by atoms with Crippen molar-refractivity contribution in [1.82, 2.24) is 4.31 Å². The van der Waals surface area contributed by atoms with Crippen molar-refractivity contribution in [3.63, 3.8) is 0 Å². The SMILES string of the molecule is CCN(CC)S(=O)(=O)c1cccc(NC(=O)CNc2cc(F)ccc2C)c1. The summed E-state index contributed by atoms with van der Waals surface area (Å²) in [5.74, 6) is -0.756. The average molecular weight is 393 g/mol. The largest absolute Gasteiger partial charge is 0.376 e. The number of amides is 1. The van der Waals surface area contributed by atoms with Crippen LogP contribution in [0, 0.1) is 12.7 Å². The fourth-order valence-electron chi connectivity index (χ4n) is 2.61. The van der Waals surface area contributed by atoms with Gasteiger partial charge in [0.15, 0.2) is 0 Å². The van der Waals surface area contributed by atoms with Crippen molar-refractivity contribution in [2.45, 2.75) is 25.7 Å². The van der Waals surface area contributed by atoms with Gasteiger partial charge >= 0.3 is 0 Å². The molecule has 0 aliphatic rings. The first kappa shape index (κ1) is 20.9. The lowest BCUT2D eigenvalue weighted by molar-refractivity contribution is -0.114. The van der Waals surface area contributed by atoms with Gasteiger partial charge in [-0.3, -0.25) is 4.79 Å². The molecule has 0 radical (unpaired) electrons. The molecule has 0 saturated carbocycles. The molecule has 0 spiro atoms. The molecule has 0 aromatic heterocycles. The minimum atomic E-state index is -3.60. The highest BCUT2D eigenvalue weighted by atomic mass is 32.2. The number of nitrogens with zero attached hydrogens (tertiary/aromatic N) is 1. The zero-order chi connectivity index (χ0) is 20.0. The van der Waals surface area contributed by atoms with E-state index in [1.165, 1.54) is 28.6 Å². The van der Waals surface area contributed by atoms with Crippen molar-refractivity contribution < 1.29 is 17.6 Å². The summed E-state index contributed by atoms with van der Waals surface area (Å²) in [6, 6.07) is 10.4. The molecule has 0 saturated heterocycles. The Hall–Kier alpha value is -2.45. The summed E-state index contributed by atoms with van der Waals surface area (Å²) in [5.41, 5.74) is 1.73. The number of aryl methyl sites for hydroxylation is 1. The molecule has 0 aliphatic heterocycles. The molecule has 1 amide bonds. The van der Waals surface area contributed by atoms with E-state index in [9.17, 15) is 17.6 Å². The van der Waals surface area contributed by atoms with Crippen molar-refractivity contribution >= 4 is 27.3 Å². The van der Waals surface area contributed by atoms with E-state index in [1.807, 2.05) is 0 Å². The number of sulfonamides is 1. The molecule has 2 aromatic rings. The zero-order valence-electron chi connectivity index (χ0n) is 15.6. The highest BCUT2D eigenvalue weighted by Crippen LogP contribution is 2.20. The molecule has 2 aromatic carbocycles. The number of nitrogens with one attached hydrogen (secondary N) is 2. The lowest BCUT2D eigenvalue weighted by Crippen LogP contribution is -2.30. The van der Waals surface area contributed by atoms with Gasteiger partial charge in [0.25, 0.3) is 0 Å². The molecule has 8 heteroatoms. The second kappa shape index (κ2) is 8.96. The Balaban J connectivity index is 2.07. The fraction of sp³-hybridized carbons (Fsp3) is 0.316. The van der Waals surface area contributed by atoms with Gasteiger partial charge < -0.3 is 10.6 Å². The summed E-state index contributed by atoms with van der Waals surface area (Å²) >= 11 is 0. The molecule has 146 valence electrons. The molecule has 6 nitrogen and oxygen atoms in total. The molecular weight excluding hydrogens is 369 g/mol. The summed E-state index contributed by atoms with van der Waals surface area (Å²) in [7, 11) is -3.60. The van der Waals surface area contributed by atoms with Crippen molar-refractivity contribution in [2.24, 2.45) is 0 Å². The highest BCUT2D eigenvalue weighted by molar-refractivity contribution is 7.89. The maximum absolute atomic E-state index is 13.3. The third-order valence-corrected chi connectivity index (χ3v) is 6.15. The lowest BCUT2D eigenvalue weighted by atomic mass is 10.2. The number of halogens is 1. The molecule has 27 heavy (non-hydrogen) atoms. The molecule has 0 aliphatic carbocycles. The number of hydrogen-bond acceptors (Lipinski definition) is 4. The van der Waals surface area contributed by atoms with Crippen molar-refractivity contribution in [3.05, 3.63) is 53.8 Å². The number of carbonyl (C=O) groups excluding carboxylic acids is 1. The van der Waals surface area contributed by atoms with Crippen LogP contribution in [0.3, 0.4) is 0 Å². The second-order valence-electron chi connectivity index (χ2n) is 5.98. The van der Waals surface area contributed by atoms with E-state index in [-0.39, 0.29) is 17.3 Å². The summed E-state index contributed by atoms with van der Waals surface area (Å²) in [4.78, 5) is 12.3. The molecule has 2 N–H and O–H groups in total. The zero-order valence-corrected chi connectivity index (χ0v) is 16.4. The third kappa shape index (κ3) is 5.27. The smallest absolute Gasteiger partial charge is 0.243 e. The van der Waals surface area contributed by atoms with Gasteiger partial charge in [-0.15, -0.1) is 0 Å². The molecule has 0 unspecified atom stereocenters. The summed E-state index contributed by atoms with van der Waals surface area (Å²) in [6.45, 7) is 6.01. The van der Waals surface area contributed by atoms with Gasteiger partial charge in [-0.2, -0.15) is 4.31 Å². The van der Waals surface area contributed by atoms with Gasteiger partial charge in [-0.1, -0.05) is 26.0 Å². The van der Waals surface area contributed by atoms with Crippen LogP contribution in [0.25, 0.3) is 0 Å². The Labute approximate surface area is 159 Å². The second-order valence-corrected chi connectivity index (χ2v) is 7.92. The van der Waals surface area contributed by atoms with E-state index in [1.54, 1.807) is 39.0 Å². The molecule has 0 atom stereocenters. The van der Waals surface area contributed by atoms with E-state index >= 15 is 0 Å². The minimum Gasteiger partial charge on any atom is -0.376 e. The van der Waals surface area contributed by atoms with E-state index in [2.05, 4.69) is 10.6 Å². The predicted molar refractivity (Wildman–Crippen MR) is 105 cm³/mol. The number of rotatable bonds is 8. The van der Waals surface area contributed by atoms with Gasteiger partial charge in [-0.05, 0) is 42.8 Å². The maximum Gasteiger partial charge on any atom is 0.243 e. The maximum atomic E-state index is 13.3. The van der Waals surface area contributed by atoms with E-state index in [0.717, 1.165) is 5.56 Å². The average Bonchev–Trinajstić information content (AvgIpc) is 2.63. The monoisotopic (exact) mass is 393 g/mol.